The highest BCUT2D eigenvalue weighted by Gasteiger charge is 2.33. The summed E-state index contributed by atoms with van der Waals surface area (Å²) in [6, 6.07) is -1.13. The SMILES string of the molecule is Cc1nn(C)c(C)c1S(=O)(=O)N(C)C(C)C(=O)O. The summed E-state index contributed by atoms with van der Waals surface area (Å²) >= 11 is 0. The van der Waals surface area contributed by atoms with Gasteiger partial charge in [-0.2, -0.15) is 9.40 Å². The molecule has 0 aliphatic heterocycles. The van der Waals surface area contributed by atoms with E-state index in [0.717, 1.165) is 4.31 Å². The lowest BCUT2D eigenvalue weighted by atomic mass is 10.4. The molecule has 8 heteroatoms. The van der Waals surface area contributed by atoms with E-state index in [-0.39, 0.29) is 4.90 Å². The molecule has 0 fully saturated rings. The Morgan fingerprint density at radius 3 is 2.28 bits per heavy atom. The molecule has 1 aromatic rings. The van der Waals surface area contributed by atoms with Crippen molar-refractivity contribution in [3.05, 3.63) is 11.4 Å². The summed E-state index contributed by atoms with van der Waals surface area (Å²) in [4.78, 5) is 10.9. The quantitative estimate of drug-likeness (QED) is 0.843. The van der Waals surface area contributed by atoms with Crippen molar-refractivity contribution in [1.29, 1.82) is 0 Å². The number of carboxylic acids is 1. The van der Waals surface area contributed by atoms with Crippen molar-refractivity contribution in [2.45, 2.75) is 31.7 Å². The van der Waals surface area contributed by atoms with Gasteiger partial charge in [-0.05, 0) is 20.8 Å². The molecule has 1 atom stereocenters. The first kappa shape index (κ1) is 14.7. The van der Waals surface area contributed by atoms with Crippen molar-refractivity contribution >= 4 is 16.0 Å². The van der Waals surface area contributed by atoms with Crippen molar-refractivity contribution in [2.75, 3.05) is 7.05 Å². The van der Waals surface area contributed by atoms with Gasteiger partial charge in [0.25, 0.3) is 0 Å². The zero-order valence-electron chi connectivity index (χ0n) is 11.0. The average Bonchev–Trinajstić information content (AvgIpc) is 2.50. The van der Waals surface area contributed by atoms with Gasteiger partial charge in [-0.15, -0.1) is 0 Å². The van der Waals surface area contributed by atoms with Crippen LogP contribution in [0.3, 0.4) is 0 Å². The molecule has 0 saturated carbocycles. The summed E-state index contributed by atoms with van der Waals surface area (Å²) in [5.74, 6) is -1.19. The minimum absolute atomic E-state index is 0.0700. The minimum Gasteiger partial charge on any atom is -0.480 e. The van der Waals surface area contributed by atoms with E-state index >= 15 is 0 Å². The number of nitrogens with zero attached hydrogens (tertiary/aromatic N) is 3. The second kappa shape index (κ2) is 4.69. The molecule has 0 radical (unpaired) electrons. The molecule has 0 aromatic carbocycles. The third-order valence-corrected chi connectivity index (χ3v) is 5.16. The van der Waals surface area contributed by atoms with Gasteiger partial charge in [0.05, 0.1) is 11.4 Å². The van der Waals surface area contributed by atoms with Crippen molar-refractivity contribution < 1.29 is 18.3 Å². The van der Waals surface area contributed by atoms with Crippen LogP contribution in [0.1, 0.15) is 18.3 Å². The van der Waals surface area contributed by atoms with Crippen molar-refractivity contribution in [1.82, 2.24) is 14.1 Å². The Kier molecular flexibility index (Phi) is 3.82. The van der Waals surface area contributed by atoms with E-state index in [9.17, 15) is 13.2 Å². The normalized spacial score (nSPS) is 13.9. The number of carboxylic acid groups (broad SMARTS) is 1. The molecule has 0 saturated heterocycles. The molecule has 1 unspecified atom stereocenters. The monoisotopic (exact) mass is 275 g/mol. The summed E-state index contributed by atoms with van der Waals surface area (Å²) in [6.45, 7) is 4.53. The summed E-state index contributed by atoms with van der Waals surface area (Å²) in [5.41, 5.74) is 0.844. The van der Waals surface area contributed by atoms with Gasteiger partial charge in [0.1, 0.15) is 10.9 Å². The summed E-state index contributed by atoms with van der Waals surface area (Å²) in [6.07, 6.45) is 0. The molecule has 1 rings (SSSR count). The van der Waals surface area contributed by atoms with Crippen LogP contribution in [0.2, 0.25) is 0 Å². The molecule has 1 aromatic heterocycles. The number of hydrogen-bond acceptors (Lipinski definition) is 4. The first-order valence-corrected chi connectivity index (χ1v) is 6.75. The molecule has 102 valence electrons. The molecule has 0 amide bonds. The molecule has 1 N–H and O–H groups in total. The summed E-state index contributed by atoms with van der Waals surface area (Å²) in [5, 5.41) is 12.9. The zero-order chi connectivity index (χ0) is 14.2. The number of likely N-dealkylation sites (N-methyl/N-ethyl adjacent to an activating group) is 1. The topological polar surface area (TPSA) is 92.5 Å². The molecule has 0 spiro atoms. The number of rotatable bonds is 4. The van der Waals surface area contributed by atoms with E-state index < -0.39 is 22.0 Å². The van der Waals surface area contributed by atoms with Crippen LogP contribution in [0.15, 0.2) is 4.90 Å². The third-order valence-electron chi connectivity index (χ3n) is 2.98. The lowest BCUT2D eigenvalue weighted by Crippen LogP contribution is -2.40. The molecule has 0 aliphatic carbocycles. The lowest BCUT2D eigenvalue weighted by molar-refractivity contribution is -0.140. The number of sulfonamides is 1. The van der Waals surface area contributed by atoms with E-state index in [1.165, 1.54) is 18.7 Å². The van der Waals surface area contributed by atoms with Crippen LogP contribution in [0.25, 0.3) is 0 Å². The Balaban J connectivity index is 3.34. The Bertz CT molecular complexity index is 576. The van der Waals surface area contributed by atoms with Crippen LogP contribution in [-0.2, 0) is 21.9 Å². The summed E-state index contributed by atoms with van der Waals surface area (Å²) < 4.78 is 27.0. The Hall–Kier alpha value is -1.41. The van der Waals surface area contributed by atoms with Crippen molar-refractivity contribution in [3.63, 3.8) is 0 Å². The highest BCUT2D eigenvalue weighted by Crippen LogP contribution is 2.23. The van der Waals surface area contributed by atoms with Crippen molar-refractivity contribution in [3.8, 4) is 0 Å². The fourth-order valence-electron chi connectivity index (χ4n) is 1.64. The Labute approximate surface area is 106 Å². The van der Waals surface area contributed by atoms with Crippen LogP contribution in [0, 0.1) is 13.8 Å². The van der Waals surface area contributed by atoms with Gasteiger partial charge in [-0.25, -0.2) is 8.42 Å². The number of aromatic nitrogens is 2. The lowest BCUT2D eigenvalue weighted by Gasteiger charge is -2.21. The fourth-order valence-corrected chi connectivity index (χ4v) is 3.35. The maximum atomic E-state index is 12.3. The Morgan fingerprint density at radius 1 is 1.44 bits per heavy atom. The van der Waals surface area contributed by atoms with Gasteiger partial charge < -0.3 is 5.11 Å². The molecular weight excluding hydrogens is 258 g/mol. The Morgan fingerprint density at radius 2 is 1.94 bits per heavy atom. The highest BCUT2D eigenvalue weighted by atomic mass is 32.2. The predicted molar refractivity (Wildman–Crippen MR) is 64.7 cm³/mol. The van der Waals surface area contributed by atoms with Crippen LogP contribution in [-0.4, -0.2) is 46.7 Å². The summed E-state index contributed by atoms with van der Waals surface area (Å²) in [7, 11) is -0.964. The van der Waals surface area contributed by atoms with Gasteiger partial charge in [0.15, 0.2) is 0 Å². The molecule has 7 nitrogen and oxygen atoms in total. The van der Waals surface area contributed by atoms with Crippen LogP contribution >= 0.6 is 0 Å². The number of carbonyl (C=O) groups is 1. The van der Waals surface area contributed by atoms with Crippen molar-refractivity contribution in [2.24, 2.45) is 7.05 Å². The van der Waals surface area contributed by atoms with E-state index in [0.29, 0.717) is 11.4 Å². The first-order valence-electron chi connectivity index (χ1n) is 5.31. The molecule has 18 heavy (non-hydrogen) atoms. The predicted octanol–water partition coefficient (Wildman–Crippen LogP) is 0.131. The van der Waals surface area contributed by atoms with Gasteiger partial charge in [0.2, 0.25) is 10.0 Å². The third kappa shape index (κ3) is 2.25. The second-order valence-corrected chi connectivity index (χ2v) is 6.09. The van der Waals surface area contributed by atoms with Gasteiger partial charge in [-0.1, -0.05) is 0 Å². The molecule has 0 bridgehead atoms. The first-order chi connectivity index (χ1) is 8.10. The average molecular weight is 275 g/mol. The van der Waals surface area contributed by atoms with Crippen LogP contribution < -0.4 is 0 Å². The second-order valence-electron chi connectivity index (χ2n) is 4.16. The highest BCUT2D eigenvalue weighted by molar-refractivity contribution is 7.89. The fraction of sp³-hybridized carbons (Fsp3) is 0.600. The molecule has 1 heterocycles. The largest absolute Gasteiger partial charge is 0.480 e. The minimum atomic E-state index is -3.85. The van der Waals surface area contributed by atoms with Crippen LogP contribution in [0.4, 0.5) is 0 Å². The van der Waals surface area contributed by atoms with E-state index in [2.05, 4.69) is 5.10 Å². The number of aliphatic carboxylic acids is 1. The smallest absolute Gasteiger partial charge is 0.321 e. The number of aryl methyl sites for hydroxylation is 2. The number of hydrogen-bond donors (Lipinski definition) is 1. The van der Waals surface area contributed by atoms with Gasteiger partial charge >= 0.3 is 5.97 Å². The van der Waals surface area contributed by atoms with E-state index in [1.54, 1.807) is 20.9 Å². The van der Waals surface area contributed by atoms with Gasteiger partial charge in [0, 0.05) is 14.1 Å². The molecule has 0 aliphatic rings. The standard InChI is InChI=1S/C10H17N3O4S/c1-6-9(7(2)12(4)11-6)18(16,17)13(5)8(3)10(14)15/h8H,1-5H3,(H,14,15). The maximum Gasteiger partial charge on any atom is 0.321 e. The van der Waals surface area contributed by atoms with E-state index in [4.69, 9.17) is 5.11 Å². The maximum absolute atomic E-state index is 12.3. The molecular formula is C10H17N3O4S. The zero-order valence-corrected chi connectivity index (χ0v) is 11.8. The van der Waals surface area contributed by atoms with Crippen LogP contribution in [0.5, 0.6) is 0 Å². The van der Waals surface area contributed by atoms with E-state index in [1.807, 2.05) is 0 Å². The van der Waals surface area contributed by atoms with Gasteiger partial charge in [-0.3, -0.25) is 9.48 Å².